The molecule has 0 saturated carbocycles. The van der Waals surface area contributed by atoms with Gasteiger partial charge in [-0.2, -0.15) is 0 Å². The molecule has 13 heteroatoms. The number of amides is 3. The SMILES string of the molecule is CC(O)C(NC(=O)C(Cc1ccccc1)NC(=O)C(N)CCCCN)C(=O)NC(CCC(=O)O)C(=O)O. The van der Waals surface area contributed by atoms with Crippen molar-refractivity contribution < 1.29 is 39.3 Å². The summed E-state index contributed by atoms with van der Waals surface area (Å²) in [7, 11) is 0. The van der Waals surface area contributed by atoms with Crippen molar-refractivity contribution in [3.8, 4) is 0 Å². The Bertz CT molecular complexity index is 912. The first kappa shape index (κ1) is 31.5. The van der Waals surface area contributed by atoms with Crippen LogP contribution in [0, 0.1) is 0 Å². The topological polar surface area (TPSA) is 234 Å². The molecule has 3 amide bonds. The molecule has 0 aromatic heterocycles. The van der Waals surface area contributed by atoms with Gasteiger partial charge in [-0.1, -0.05) is 36.8 Å². The molecule has 1 rings (SSSR count). The van der Waals surface area contributed by atoms with Crippen LogP contribution in [0.15, 0.2) is 30.3 Å². The summed E-state index contributed by atoms with van der Waals surface area (Å²) in [6.07, 6.45) is -0.635. The predicted molar refractivity (Wildman–Crippen MR) is 133 cm³/mol. The summed E-state index contributed by atoms with van der Waals surface area (Å²) < 4.78 is 0. The zero-order chi connectivity index (χ0) is 28.0. The predicted octanol–water partition coefficient (Wildman–Crippen LogP) is -1.53. The summed E-state index contributed by atoms with van der Waals surface area (Å²) in [4.78, 5) is 60.7. The molecule has 5 unspecified atom stereocenters. The smallest absolute Gasteiger partial charge is 0.326 e. The molecule has 1 aromatic rings. The molecule has 10 N–H and O–H groups in total. The molecule has 0 saturated heterocycles. The first-order valence-electron chi connectivity index (χ1n) is 12.0. The highest BCUT2D eigenvalue weighted by molar-refractivity contribution is 5.94. The molecule has 206 valence electrons. The number of aliphatic hydroxyl groups excluding tert-OH is 1. The third-order valence-electron chi connectivity index (χ3n) is 5.55. The van der Waals surface area contributed by atoms with E-state index >= 15 is 0 Å². The summed E-state index contributed by atoms with van der Waals surface area (Å²) in [6, 6.07) is 3.59. The van der Waals surface area contributed by atoms with Gasteiger partial charge in [-0.05, 0) is 38.3 Å². The summed E-state index contributed by atoms with van der Waals surface area (Å²) in [5.74, 6) is -5.12. The van der Waals surface area contributed by atoms with E-state index < -0.39 is 72.8 Å². The number of carbonyl (C=O) groups excluding carboxylic acids is 3. The van der Waals surface area contributed by atoms with Crippen LogP contribution in [0.5, 0.6) is 0 Å². The molecule has 5 atom stereocenters. The molecule has 1 aromatic carbocycles. The van der Waals surface area contributed by atoms with Crippen LogP contribution < -0.4 is 27.4 Å². The molecule has 0 bridgehead atoms. The second kappa shape index (κ2) is 16.2. The fraction of sp³-hybridized carbons (Fsp3) is 0.542. The number of nitrogens with two attached hydrogens (primary N) is 2. The van der Waals surface area contributed by atoms with E-state index in [2.05, 4.69) is 16.0 Å². The van der Waals surface area contributed by atoms with Gasteiger partial charge in [0.25, 0.3) is 0 Å². The van der Waals surface area contributed by atoms with Crippen LogP contribution >= 0.6 is 0 Å². The summed E-state index contributed by atoms with van der Waals surface area (Å²) in [6.45, 7) is 1.67. The number of benzene rings is 1. The van der Waals surface area contributed by atoms with Crippen molar-refractivity contribution >= 4 is 29.7 Å². The molecule has 0 aliphatic rings. The van der Waals surface area contributed by atoms with Crippen LogP contribution in [0.25, 0.3) is 0 Å². The maximum Gasteiger partial charge on any atom is 0.326 e. The molecule has 0 aliphatic heterocycles. The zero-order valence-electron chi connectivity index (χ0n) is 20.8. The molecule has 0 heterocycles. The number of hydrogen-bond donors (Lipinski definition) is 8. The van der Waals surface area contributed by atoms with Gasteiger partial charge in [0, 0.05) is 12.8 Å². The third kappa shape index (κ3) is 11.8. The number of unbranched alkanes of at least 4 members (excludes halogenated alkanes) is 1. The Kier molecular flexibility index (Phi) is 13.8. The Hall–Kier alpha value is -3.55. The van der Waals surface area contributed by atoms with Gasteiger partial charge in [0.05, 0.1) is 12.1 Å². The van der Waals surface area contributed by atoms with Gasteiger partial charge in [0.15, 0.2) is 0 Å². The van der Waals surface area contributed by atoms with Crippen molar-refractivity contribution in [1.29, 1.82) is 0 Å². The van der Waals surface area contributed by atoms with Crippen LogP contribution in [0.2, 0.25) is 0 Å². The van der Waals surface area contributed by atoms with Gasteiger partial charge in [0.1, 0.15) is 18.1 Å². The van der Waals surface area contributed by atoms with Gasteiger partial charge in [-0.25, -0.2) is 4.79 Å². The monoisotopic (exact) mass is 523 g/mol. The quantitative estimate of drug-likeness (QED) is 0.110. The second-order valence-electron chi connectivity index (χ2n) is 8.70. The lowest BCUT2D eigenvalue weighted by molar-refractivity contribution is -0.144. The number of rotatable bonds is 17. The number of hydrogen-bond acceptors (Lipinski definition) is 8. The fourth-order valence-electron chi connectivity index (χ4n) is 3.42. The first-order chi connectivity index (χ1) is 17.5. The number of aliphatic carboxylic acids is 2. The van der Waals surface area contributed by atoms with E-state index in [4.69, 9.17) is 16.6 Å². The van der Waals surface area contributed by atoms with Crippen LogP contribution in [-0.2, 0) is 30.4 Å². The molecular weight excluding hydrogens is 486 g/mol. The second-order valence-corrected chi connectivity index (χ2v) is 8.70. The van der Waals surface area contributed by atoms with Crippen molar-refractivity contribution in [3.05, 3.63) is 35.9 Å². The lowest BCUT2D eigenvalue weighted by atomic mass is 10.0. The lowest BCUT2D eigenvalue weighted by Gasteiger charge is -2.26. The van der Waals surface area contributed by atoms with Crippen LogP contribution in [-0.4, -0.2) is 81.8 Å². The highest BCUT2D eigenvalue weighted by Crippen LogP contribution is 2.07. The summed E-state index contributed by atoms with van der Waals surface area (Å²) in [5.41, 5.74) is 12.1. The molecule has 13 nitrogen and oxygen atoms in total. The van der Waals surface area contributed by atoms with Gasteiger partial charge < -0.3 is 42.7 Å². The average Bonchev–Trinajstić information content (AvgIpc) is 2.84. The van der Waals surface area contributed by atoms with Crippen LogP contribution in [0.1, 0.15) is 44.6 Å². The highest BCUT2D eigenvalue weighted by Gasteiger charge is 2.33. The van der Waals surface area contributed by atoms with E-state index in [1.165, 1.54) is 6.92 Å². The minimum absolute atomic E-state index is 0.0540. The molecule has 37 heavy (non-hydrogen) atoms. The van der Waals surface area contributed by atoms with Crippen molar-refractivity contribution in [2.45, 2.75) is 75.7 Å². The Balaban J connectivity index is 3.02. The Morgan fingerprint density at radius 3 is 2.03 bits per heavy atom. The van der Waals surface area contributed by atoms with Crippen molar-refractivity contribution in [3.63, 3.8) is 0 Å². The molecular formula is C24H37N5O8. The van der Waals surface area contributed by atoms with E-state index in [1.807, 2.05) is 0 Å². The first-order valence-corrected chi connectivity index (χ1v) is 12.0. The van der Waals surface area contributed by atoms with E-state index in [-0.39, 0.29) is 6.42 Å². The Morgan fingerprint density at radius 1 is 0.865 bits per heavy atom. The lowest BCUT2D eigenvalue weighted by Crippen LogP contribution is -2.60. The number of carboxylic acids is 2. The highest BCUT2D eigenvalue weighted by atomic mass is 16.4. The fourth-order valence-corrected chi connectivity index (χ4v) is 3.42. The number of carboxylic acid groups (broad SMARTS) is 2. The summed E-state index contributed by atoms with van der Waals surface area (Å²) >= 11 is 0. The molecule has 0 radical (unpaired) electrons. The largest absolute Gasteiger partial charge is 0.481 e. The maximum atomic E-state index is 13.2. The normalized spacial score (nSPS) is 14.9. The van der Waals surface area contributed by atoms with E-state index in [9.17, 15) is 34.2 Å². The van der Waals surface area contributed by atoms with Gasteiger partial charge in [-0.3, -0.25) is 19.2 Å². The molecule has 0 aliphatic carbocycles. The Morgan fingerprint density at radius 2 is 1.49 bits per heavy atom. The maximum absolute atomic E-state index is 13.2. The summed E-state index contributed by atoms with van der Waals surface area (Å²) in [5, 5.41) is 35.3. The van der Waals surface area contributed by atoms with Crippen LogP contribution in [0.4, 0.5) is 0 Å². The number of nitrogens with one attached hydrogen (secondary N) is 3. The van der Waals surface area contributed by atoms with Gasteiger partial charge in [-0.15, -0.1) is 0 Å². The van der Waals surface area contributed by atoms with Crippen LogP contribution in [0.3, 0.4) is 0 Å². The van der Waals surface area contributed by atoms with Crippen molar-refractivity contribution in [1.82, 2.24) is 16.0 Å². The number of carbonyl (C=O) groups is 5. The van der Waals surface area contributed by atoms with Gasteiger partial charge in [0.2, 0.25) is 17.7 Å². The third-order valence-corrected chi connectivity index (χ3v) is 5.55. The Labute approximate surface area is 215 Å². The molecule has 0 spiro atoms. The number of aliphatic hydroxyl groups is 1. The van der Waals surface area contributed by atoms with E-state index in [0.717, 1.165) is 0 Å². The minimum Gasteiger partial charge on any atom is -0.481 e. The standard InChI is InChI=1S/C24H37N5O8/c1-14(30)20(23(35)27-17(24(36)37)10-11-19(31)32)29-22(34)18(13-15-7-3-2-4-8-15)28-21(33)16(26)9-5-6-12-25/h2-4,7-8,14,16-18,20,30H,5-6,9-13,25-26H2,1H3,(H,27,35)(H,28,33)(H,29,34)(H,31,32)(H,36,37). The van der Waals surface area contributed by atoms with Crippen molar-refractivity contribution in [2.24, 2.45) is 11.5 Å². The van der Waals surface area contributed by atoms with Crippen molar-refractivity contribution in [2.75, 3.05) is 6.54 Å². The zero-order valence-corrected chi connectivity index (χ0v) is 20.8. The van der Waals surface area contributed by atoms with Gasteiger partial charge >= 0.3 is 11.9 Å². The van der Waals surface area contributed by atoms with E-state index in [0.29, 0.717) is 31.4 Å². The molecule has 0 fully saturated rings. The minimum atomic E-state index is -1.58. The average molecular weight is 524 g/mol. The van der Waals surface area contributed by atoms with E-state index in [1.54, 1.807) is 30.3 Å².